The van der Waals surface area contributed by atoms with Crippen molar-refractivity contribution in [3.8, 4) is 0 Å². The number of carbonyl (C=O) groups excluding carboxylic acids is 3. The minimum Gasteiger partial charge on any atom is -0.462 e. The van der Waals surface area contributed by atoms with Gasteiger partial charge in [-0.05, 0) is 19.3 Å². The molecule has 0 aromatic carbocycles. The van der Waals surface area contributed by atoms with E-state index in [0.717, 1.165) is 57.8 Å². The summed E-state index contributed by atoms with van der Waals surface area (Å²) >= 11 is 0. The second-order valence-electron chi connectivity index (χ2n) is 22.1. The summed E-state index contributed by atoms with van der Waals surface area (Å²) in [4.78, 5) is 38.0. The molecule has 0 saturated carbocycles. The Kier molecular flexibility index (Phi) is 58.6. The predicted molar refractivity (Wildman–Crippen MR) is 303 cm³/mol. The second-order valence-corrected chi connectivity index (χ2v) is 22.1. The predicted octanol–water partition coefficient (Wildman–Crippen LogP) is 21.5. The molecule has 1 atom stereocenters. The molecule has 0 spiro atoms. The van der Waals surface area contributed by atoms with E-state index in [2.05, 4.69) is 20.8 Å². The maximum Gasteiger partial charge on any atom is 0.306 e. The maximum absolute atomic E-state index is 12.8. The summed E-state index contributed by atoms with van der Waals surface area (Å²) in [6, 6.07) is 0. The molecule has 0 fully saturated rings. The molecular formula is C64H124O6. The van der Waals surface area contributed by atoms with Gasteiger partial charge in [0.05, 0.1) is 0 Å². The van der Waals surface area contributed by atoms with Gasteiger partial charge >= 0.3 is 17.9 Å². The highest BCUT2D eigenvalue weighted by molar-refractivity contribution is 5.71. The molecular weight excluding hydrogens is 865 g/mol. The molecule has 0 aliphatic rings. The van der Waals surface area contributed by atoms with Crippen LogP contribution in [0.15, 0.2) is 0 Å². The van der Waals surface area contributed by atoms with Crippen molar-refractivity contribution >= 4 is 17.9 Å². The first-order chi connectivity index (χ1) is 34.5. The van der Waals surface area contributed by atoms with Crippen molar-refractivity contribution < 1.29 is 28.6 Å². The Morgan fingerprint density at radius 1 is 0.229 bits per heavy atom. The number of esters is 3. The van der Waals surface area contributed by atoms with E-state index in [1.165, 1.54) is 276 Å². The van der Waals surface area contributed by atoms with E-state index in [9.17, 15) is 14.4 Å². The Bertz CT molecular complexity index is 1040. The van der Waals surface area contributed by atoms with Gasteiger partial charge in [0.1, 0.15) is 13.2 Å². The molecule has 1 unspecified atom stereocenters. The molecule has 6 heteroatoms. The Morgan fingerprint density at radius 2 is 0.386 bits per heavy atom. The van der Waals surface area contributed by atoms with Gasteiger partial charge in [-0.1, -0.05) is 335 Å². The molecule has 0 heterocycles. The first-order valence-corrected chi connectivity index (χ1v) is 32.0. The Balaban J connectivity index is 4.04. The van der Waals surface area contributed by atoms with Crippen molar-refractivity contribution in [1.82, 2.24) is 0 Å². The van der Waals surface area contributed by atoms with Crippen LogP contribution in [0.2, 0.25) is 0 Å². The van der Waals surface area contributed by atoms with Crippen LogP contribution < -0.4 is 0 Å². The van der Waals surface area contributed by atoms with E-state index < -0.39 is 6.10 Å². The van der Waals surface area contributed by atoms with Crippen LogP contribution in [-0.2, 0) is 28.6 Å². The molecule has 0 rings (SSSR count). The van der Waals surface area contributed by atoms with Crippen molar-refractivity contribution in [3.05, 3.63) is 0 Å². The smallest absolute Gasteiger partial charge is 0.306 e. The van der Waals surface area contributed by atoms with Crippen molar-refractivity contribution in [3.63, 3.8) is 0 Å². The number of carbonyl (C=O) groups is 3. The standard InChI is InChI=1S/C64H124O6/c1-4-7-10-13-16-18-20-22-24-26-28-30-31-32-33-34-36-37-39-41-43-45-48-51-54-57-63(66)69-60-61(59-68-62(65)56-53-50-47-15-12-9-6-3)70-64(67)58-55-52-49-46-44-42-40-38-35-29-27-25-23-21-19-17-14-11-8-5-2/h61H,4-60H2,1-3H3. The fraction of sp³-hybridized carbons (Fsp3) is 0.953. The third-order valence-corrected chi connectivity index (χ3v) is 14.9. The van der Waals surface area contributed by atoms with E-state index in [0.29, 0.717) is 19.3 Å². The van der Waals surface area contributed by atoms with Gasteiger partial charge in [0.15, 0.2) is 6.10 Å². The summed E-state index contributed by atoms with van der Waals surface area (Å²) in [6.07, 6.45) is 68.6. The van der Waals surface area contributed by atoms with Crippen molar-refractivity contribution in [2.45, 2.75) is 380 Å². The van der Waals surface area contributed by atoms with Gasteiger partial charge < -0.3 is 14.2 Å². The van der Waals surface area contributed by atoms with Gasteiger partial charge in [0.2, 0.25) is 0 Å². The number of hydrogen-bond donors (Lipinski definition) is 0. The van der Waals surface area contributed by atoms with E-state index in [1.54, 1.807) is 0 Å². The molecule has 0 aromatic heterocycles. The normalized spacial score (nSPS) is 11.9. The summed E-state index contributed by atoms with van der Waals surface area (Å²) < 4.78 is 16.9. The summed E-state index contributed by atoms with van der Waals surface area (Å²) in [6.45, 7) is 6.68. The molecule has 0 aromatic rings. The summed E-state index contributed by atoms with van der Waals surface area (Å²) in [5, 5.41) is 0. The van der Waals surface area contributed by atoms with Crippen LogP contribution in [0.1, 0.15) is 374 Å². The lowest BCUT2D eigenvalue weighted by Crippen LogP contribution is -2.30. The molecule has 6 nitrogen and oxygen atoms in total. The average molecular weight is 990 g/mol. The molecule has 0 radical (unpaired) electrons. The molecule has 0 aliphatic carbocycles. The van der Waals surface area contributed by atoms with E-state index in [-0.39, 0.29) is 31.1 Å². The maximum atomic E-state index is 12.8. The van der Waals surface area contributed by atoms with Crippen LogP contribution in [-0.4, -0.2) is 37.2 Å². The zero-order valence-corrected chi connectivity index (χ0v) is 47.8. The number of hydrogen-bond acceptors (Lipinski definition) is 6. The number of unbranched alkanes of at least 4 members (excludes halogenated alkanes) is 49. The minimum absolute atomic E-state index is 0.0615. The van der Waals surface area contributed by atoms with Crippen LogP contribution in [0.25, 0.3) is 0 Å². The lowest BCUT2D eigenvalue weighted by Gasteiger charge is -2.18. The zero-order valence-electron chi connectivity index (χ0n) is 47.8. The molecule has 70 heavy (non-hydrogen) atoms. The average Bonchev–Trinajstić information content (AvgIpc) is 3.36. The first kappa shape index (κ1) is 68.4. The number of rotatable bonds is 60. The SMILES string of the molecule is CCCCCCCCCCCCCCCCCCCCCCCCCCCC(=O)OCC(COC(=O)CCCCCCCCC)OC(=O)CCCCCCCCCCCCCCCCCCCCCC. The molecule has 0 N–H and O–H groups in total. The topological polar surface area (TPSA) is 78.9 Å². The zero-order chi connectivity index (χ0) is 50.7. The van der Waals surface area contributed by atoms with Gasteiger partial charge in [0, 0.05) is 19.3 Å². The van der Waals surface area contributed by atoms with Gasteiger partial charge in [-0.15, -0.1) is 0 Å². The fourth-order valence-electron chi connectivity index (χ4n) is 10.0. The molecule has 0 bridgehead atoms. The van der Waals surface area contributed by atoms with Crippen molar-refractivity contribution in [2.75, 3.05) is 13.2 Å². The Labute approximate surface area is 438 Å². The Morgan fingerprint density at radius 3 is 0.571 bits per heavy atom. The van der Waals surface area contributed by atoms with Crippen molar-refractivity contribution in [1.29, 1.82) is 0 Å². The van der Waals surface area contributed by atoms with E-state index in [1.807, 2.05) is 0 Å². The minimum atomic E-state index is -0.761. The quantitative estimate of drug-likeness (QED) is 0.0343. The highest BCUT2D eigenvalue weighted by atomic mass is 16.6. The van der Waals surface area contributed by atoms with Crippen LogP contribution in [0.5, 0.6) is 0 Å². The second kappa shape index (κ2) is 60.0. The lowest BCUT2D eigenvalue weighted by atomic mass is 10.0. The van der Waals surface area contributed by atoms with Crippen molar-refractivity contribution in [2.24, 2.45) is 0 Å². The third-order valence-electron chi connectivity index (χ3n) is 14.9. The Hall–Kier alpha value is -1.59. The molecule has 0 saturated heterocycles. The third kappa shape index (κ3) is 57.3. The van der Waals surface area contributed by atoms with Crippen LogP contribution >= 0.6 is 0 Å². The molecule has 0 aliphatic heterocycles. The van der Waals surface area contributed by atoms with Gasteiger partial charge in [0.25, 0.3) is 0 Å². The highest BCUT2D eigenvalue weighted by Gasteiger charge is 2.19. The molecule has 416 valence electrons. The van der Waals surface area contributed by atoms with Crippen LogP contribution in [0.3, 0.4) is 0 Å². The highest BCUT2D eigenvalue weighted by Crippen LogP contribution is 2.19. The molecule has 0 amide bonds. The summed E-state index contributed by atoms with van der Waals surface area (Å²) in [5.74, 6) is -0.837. The summed E-state index contributed by atoms with van der Waals surface area (Å²) in [5.41, 5.74) is 0. The van der Waals surface area contributed by atoms with Gasteiger partial charge in [-0.2, -0.15) is 0 Å². The van der Waals surface area contributed by atoms with Crippen LogP contribution in [0, 0.1) is 0 Å². The number of ether oxygens (including phenoxy) is 3. The first-order valence-electron chi connectivity index (χ1n) is 32.0. The lowest BCUT2D eigenvalue weighted by molar-refractivity contribution is -0.167. The largest absolute Gasteiger partial charge is 0.462 e. The summed E-state index contributed by atoms with van der Waals surface area (Å²) in [7, 11) is 0. The van der Waals surface area contributed by atoms with Crippen LogP contribution in [0.4, 0.5) is 0 Å². The van der Waals surface area contributed by atoms with Gasteiger partial charge in [-0.25, -0.2) is 0 Å². The van der Waals surface area contributed by atoms with E-state index in [4.69, 9.17) is 14.2 Å². The monoisotopic (exact) mass is 989 g/mol. The van der Waals surface area contributed by atoms with Gasteiger partial charge in [-0.3, -0.25) is 14.4 Å². The van der Waals surface area contributed by atoms with E-state index >= 15 is 0 Å². The fourth-order valence-corrected chi connectivity index (χ4v) is 10.0.